The first-order chi connectivity index (χ1) is 17.8. The van der Waals surface area contributed by atoms with Gasteiger partial charge in [-0.15, -0.1) is 0 Å². The summed E-state index contributed by atoms with van der Waals surface area (Å²) in [5, 5.41) is 17.0. The van der Waals surface area contributed by atoms with Crippen molar-refractivity contribution in [3.05, 3.63) is 90.0 Å². The van der Waals surface area contributed by atoms with Crippen LogP contribution in [-0.2, 0) is 27.6 Å². The van der Waals surface area contributed by atoms with Crippen molar-refractivity contribution < 1.29 is 27.8 Å². The van der Waals surface area contributed by atoms with Crippen LogP contribution in [0, 0.1) is 0 Å². The first-order valence-electron chi connectivity index (χ1n) is 12.0. The highest BCUT2D eigenvalue weighted by Gasteiger charge is 2.23. The molecular formula is C28H34N2O6S. The number of carbonyl (C=O) groups excluding carboxylic acids is 1. The van der Waals surface area contributed by atoms with Crippen LogP contribution in [0.25, 0.3) is 0 Å². The van der Waals surface area contributed by atoms with E-state index in [0.29, 0.717) is 18.7 Å². The molecule has 0 saturated heterocycles. The van der Waals surface area contributed by atoms with Crippen molar-refractivity contribution >= 4 is 15.7 Å². The van der Waals surface area contributed by atoms with Crippen molar-refractivity contribution in [2.75, 3.05) is 26.5 Å². The Morgan fingerprint density at radius 2 is 1.57 bits per heavy atom. The maximum absolute atomic E-state index is 12.8. The summed E-state index contributed by atoms with van der Waals surface area (Å²) in [6, 6.07) is 22.6. The lowest BCUT2D eigenvalue weighted by molar-refractivity contribution is -0.122. The molecule has 3 aromatic carbocycles. The van der Waals surface area contributed by atoms with Gasteiger partial charge in [0.05, 0.1) is 37.0 Å². The smallest absolute Gasteiger partial charge is 0.221 e. The van der Waals surface area contributed by atoms with Gasteiger partial charge in [0.25, 0.3) is 0 Å². The van der Waals surface area contributed by atoms with Crippen LogP contribution < -0.4 is 20.1 Å². The predicted molar refractivity (Wildman–Crippen MR) is 142 cm³/mol. The Morgan fingerprint density at radius 3 is 2.24 bits per heavy atom. The molecular weight excluding hydrogens is 492 g/mol. The normalized spacial score (nSPS) is 12.9. The molecule has 198 valence electrons. The Morgan fingerprint density at radius 1 is 0.892 bits per heavy atom. The first kappa shape index (κ1) is 28.2. The molecule has 3 rings (SSSR count). The van der Waals surface area contributed by atoms with E-state index in [1.807, 2.05) is 54.6 Å². The van der Waals surface area contributed by atoms with Crippen LogP contribution in [0.3, 0.4) is 0 Å². The van der Waals surface area contributed by atoms with E-state index in [2.05, 4.69) is 10.6 Å². The molecule has 3 aromatic rings. The van der Waals surface area contributed by atoms with Gasteiger partial charge in [0.15, 0.2) is 9.84 Å². The average molecular weight is 527 g/mol. The van der Waals surface area contributed by atoms with E-state index in [4.69, 9.17) is 9.47 Å². The quantitative estimate of drug-likeness (QED) is 0.296. The minimum Gasteiger partial charge on any atom is -0.497 e. The zero-order valence-electron chi connectivity index (χ0n) is 21.1. The first-order valence-corrected chi connectivity index (χ1v) is 13.7. The Bertz CT molecular complexity index is 1230. The molecule has 0 aliphatic carbocycles. The maximum atomic E-state index is 12.8. The SMILES string of the molecule is COc1ccc(S(=O)(=O)CCC(=O)N[C@@H](Cc2ccccc2)[C@@H](O)CNCc2cccc(OC)c2)cc1. The Labute approximate surface area is 218 Å². The molecule has 0 spiro atoms. The summed E-state index contributed by atoms with van der Waals surface area (Å²) < 4.78 is 35.7. The van der Waals surface area contributed by atoms with Crippen LogP contribution in [-0.4, -0.2) is 58.1 Å². The molecule has 8 nitrogen and oxygen atoms in total. The fraction of sp³-hybridized carbons (Fsp3) is 0.321. The lowest BCUT2D eigenvalue weighted by atomic mass is 10.0. The summed E-state index contributed by atoms with van der Waals surface area (Å²) in [5.41, 5.74) is 1.95. The minimum absolute atomic E-state index is 0.128. The van der Waals surface area contributed by atoms with E-state index in [1.165, 1.54) is 19.2 Å². The maximum Gasteiger partial charge on any atom is 0.221 e. The number of nitrogens with one attached hydrogen (secondary N) is 2. The molecule has 9 heteroatoms. The molecule has 0 unspecified atom stereocenters. The topological polar surface area (TPSA) is 114 Å². The monoisotopic (exact) mass is 526 g/mol. The number of sulfone groups is 1. The predicted octanol–water partition coefficient (Wildman–Crippen LogP) is 2.75. The molecule has 3 N–H and O–H groups in total. The van der Waals surface area contributed by atoms with Crippen LogP contribution in [0.2, 0.25) is 0 Å². The number of aliphatic hydroxyl groups is 1. The van der Waals surface area contributed by atoms with Gasteiger partial charge in [-0.3, -0.25) is 4.79 Å². The molecule has 0 aliphatic heterocycles. The molecule has 0 fully saturated rings. The third-order valence-electron chi connectivity index (χ3n) is 5.94. The lowest BCUT2D eigenvalue weighted by Crippen LogP contribution is -2.48. The van der Waals surface area contributed by atoms with E-state index in [0.717, 1.165) is 16.9 Å². The zero-order chi connectivity index (χ0) is 26.7. The van der Waals surface area contributed by atoms with Gasteiger partial charge in [0.1, 0.15) is 11.5 Å². The van der Waals surface area contributed by atoms with Crippen LogP contribution in [0.5, 0.6) is 11.5 Å². The summed E-state index contributed by atoms with van der Waals surface area (Å²) in [7, 11) is -0.538. The van der Waals surface area contributed by atoms with Gasteiger partial charge in [0, 0.05) is 19.5 Å². The minimum atomic E-state index is -3.65. The van der Waals surface area contributed by atoms with Gasteiger partial charge in [-0.25, -0.2) is 8.42 Å². The Hall–Kier alpha value is -3.40. The van der Waals surface area contributed by atoms with E-state index in [1.54, 1.807) is 19.2 Å². The average Bonchev–Trinajstić information content (AvgIpc) is 2.92. The summed E-state index contributed by atoms with van der Waals surface area (Å²) in [6.45, 7) is 0.750. The molecule has 37 heavy (non-hydrogen) atoms. The van der Waals surface area contributed by atoms with Crippen molar-refractivity contribution in [3.8, 4) is 11.5 Å². The highest BCUT2D eigenvalue weighted by molar-refractivity contribution is 7.91. The fourth-order valence-electron chi connectivity index (χ4n) is 3.85. The Kier molecular flexibility index (Phi) is 10.5. The number of benzene rings is 3. The van der Waals surface area contributed by atoms with E-state index < -0.39 is 27.9 Å². The third-order valence-corrected chi connectivity index (χ3v) is 7.67. The Balaban J connectivity index is 1.59. The summed E-state index contributed by atoms with van der Waals surface area (Å²) >= 11 is 0. The van der Waals surface area contributed by atoms with Crippen LogP contribution in [0.1, 0.15) is 17.5 Å². The lowest BCUT2D eigenvalue weighted by Gasteiger charge is -2.25. The number of methoxy groups -OCH3 is 2. The molecule has 0 aromatic heterocycles. The van der Waals surface area contributed by atoms with Crippen LogP contribution >= 0.6 is 0 Å². The van der Waals surface area contributed by atoms with Gasteiger partial charge in [0.2, 0.25) is 5.91 Å². The molecule has 0 saturated carbocycles. The summed E-state index contributed by atoms with van der Waals surface area (Å²) in [4.78, 5) is 12.9. The highest BCUT2D eigenvalue weighted by Crippen LogP contribution is 2.17. The van der Waals surface area contributed by atoms with E-state index in [-0.39, 0.29) is 23.6 Å². The van der Waals surface area contributed by atoms with Crippen LogP contribution in [0.15, 0.2) is 83.8 Å². The molecule has 0 radical (unpaired) electrons. The van der Waals surface area contributed by atoms with E-state index >= 15 is 0 Å². The molecule has 1 amide bonds. The second-order valence-electron chi connectivity index (χ2n) is 8.66. The summed E-state index contributed by atoms with van der Waals surface area (Å²) in [6.07, 6.45) is -0.711. The third kappa shape index (κ3) is 8.89. The molecule has 0 heterocycles. The number of ether oxygens (including phenoxy) is 2. The van der Waals surface area contributed by atoms with E-state index in [9.17, 15) is 18.3 Å². The largest absolute Gasteiger partial charge is 0.497 e. The number of carbonyl (C=O) groups is 1. The van der Waals surface area contributed by atoms with Gasteiger partial charge in [-0.05, 0) is 53.9 Å². The highest BCUT2D eigenvalue weighted by atomic mass is 32.2. The van der Waals surface area contributed by atoms with Crippen molar-refractivity contribution in [2.45, 2.75) is 36.4 Å². The summed E-state index contributed by atoms with van der Waals surface area (Å²) in [5.74, 6) is 0.519. The second kappa shape index (κ2) is 13.8. The van der Waals surface area contributed by atoms with Crippen LogP contribution in [0.4, 0.5) is 0 Å². The molecule has 2 atom stereocenters. The zero-order valence-corrected chi connectivity index (χ0v) is 21.9. The standard InChI is InChI=1S/C28H34N2O6S/c1-35-23-11-13-25(14-12-23)37(33,34)16-15-28(32)30-26(18-21-7-4-3-5-8-21)27(31)20-29-19-22-9-6-10-24(17-22)36-2/h3-14,17,26-27,29,31H,15-16,18-20H2,1-2H3,(H,30,32)/t26-,27-/m0/s1. The molecule has 0 aliphatic rings. The fourth-order valence-corrected chi connectivity index (χ4v) is 5.09. The van der Waals surface area contributed by atoms with Crippen molar-refractivity contribution in [1.29, 1.82) is 0 Å². The molecule has 0 bridgehead atoms. The number of amides is 1. The van der Waals surface area contributed by atoms with Gasteiger partial charge in [-0.2, -0.15) is 0 Å². The second-order valence-corrected chi connectivity index (χ2v) is 10.8. The number of hydrogen-bond donors (Lipinski definition) is 3. The number of rotatable bonds is 14. The number of aliphatic hydroxyl groups excluding tert-OH is 1. The van der Waals surface area contributed by atoms with Crippen molar-refractivity contribution in [1.82, 2.24) is 10.6 Å². The van der Waals surface area contributed by atoms with Gasteiger partial charge >= 0.3 is 0 Å². The van der Waals surface area contributed by atoms with Crippen molar-refractivity contribution in [3.63, 3.8) is 0 Å². The number of hydrogen-bond acceptors (Lipinski definition) is 7. The van der Waals surface area contributed by atoms with Gasteiger partial charge in [-0.1, -0.05) is 42.5 Å². The van der Waals surface area contributed by atoms with Crippen molar-refractivity contribution in [2.24, 2.45) is 0 Å². The van der Waals surface area contributed by atoms with Gasteiger partial charge < -0.3 is 25.2 Å².